The van der Waals surface area contributed by atoms with Gasteiger partial charge in [0.2, 0.25) is 0 Å². The highest BCUT2D eigenvalue weighted by Crippen LogP contribution is 2.35. The molecule has 17 heavy (non-hydrogen) atoms. The van der Waals surface area contributed by atoms with Gasteiger partial charge in [-0.25, -0.2) is 0 Å². The number of hydrogen-bond acceptors (Lipinski definition) is 1. The molecule has 0 atom stereocenters. The van der Waals surface area contributed by atoms with Crippen molar-refractivity contribution in [3.8, 4) is 0 Å². The summed E-state index contributed by atoms with van der Waals surface area (Å²) in [6, 6.07) is 13.1. The highest BCUT2D eigenvalue weighted by Gasteiger charge is 2.12. The Labute approximate surface area is 106 Å². The average molecular weight is 238 g/mol. The molecular formula is C16H14S. The molecule has 0 aliphatic heterocycles. The second-order valence-corrected chi connectivity index (χ2v) is 5.40. The molecule has 84 valence electrons. The molecule has 1 aliphatic rings. The monoisotopic (exact) mass is 238 g/mol. The lowest BCUT2D eigenvalue weighted by Crippen LogP contribution is -1.97. The van der Waals surface area contributed by atoms with Crippen LogP contribution in [-0.2, 0) is 6.42 Å². The molecule has 1 heteroatoms. The summed E-state index contributed by atoms with van der Waals surface area (Å²) in [5, 5.41) is 2.78. The lowest BCUT2D eigenvalue weighted by molar-refractivity contribution is 1.27. The Hall–Kier alpha value is -1.47. The largest absolute Gasteiger partial charge is 0.126 e. The summed E-state index contributed by atoms with van der Waals surface area (Å²) < 4.78 is 0. The molecule has 0 bridgehead atoms. The molecule has 1 aliphatic carbocycles. The van der Waals surface area contributed by atoms with Crippen LogP contribution >= 0.6 is 11.8 Å². The molecule has 0 radical (unpaired) electrons. The molecule has 0 amide bonds. The average Bonchev–Trinajstić information content (AvgIpc) is 2.37. The lowest BCUT2D eigenvalue weighted by Gasteiger charge is -2.17. The van der Waals surface area contributed by atoms with Gasteiger partial charge in [-0.3, -0.25) is 0 Å². The van der Waals surface area contributed by atoms with Gasteiger partial charge in [0.05, 0.1) is 0 Å². The van der Waals surface area contributed by atoms with Crippen LogP contribution in [0.1, 0.15) is 11.1 Å². The first-order chi connectivity index (χ1) is 8.38. The maximum absolute atomic E-state index is 3.78. The van der Waals surface area contributed by atoms with Gasteiger partial charge in [-0.1, -0.05) is 42.5 Å². The maximum atomic E-state index is 3.78. The Morgan fingerprint density at radius 3 is 2.82 bits per heavy atom. The summed E-state index contributed by atoms with van der Waals surface area (Å²) in [6.45, 7) is 3.78. The van der Waals surface area contributed by atoms with Crippen molar-refractivity contribution in [1.29, 1.82) is 0 Å². The normalized spacial score (nSPS) is 13.5. The van der Waals surface area contributed by atoms with E-state index < -0.39 is 0 Å². The lowest BCUT2D eigenvalue weighted by atomic mass is 9.93. The van der Waals surface area contributed by atoms with Gasteiger partial charge >= 0.3 is 0 Å². The fourth-order valence-corrected chi connectivity index (χ4v) is 3.19. The van der Waals surface area contributed by atoms with Crippen LogP contribution in [-0.4, -0.2) is 5.75 Å². The topological polar surface area (TPSA) is 0 Å². The number of allylic oxidation sites excluding steroid dienone is 1. The van der Waals surface area contributed by atoms with E-state index >= 15 is 0 Å². The molecule has 2 aromatic rings. The van der Waals surface area contributed by atoms with Crippen molar-refractivity contribution >= 4 is 28.6 Å². The molecule has 0 heterocycles. The van der Waals surface area contributed by atoms with Crippen molar-refractivity contribution in [2.24, 2.45) is 0 Å². The zero-order chi connectivity index (χ0) is 11.7. The Kier molecular flexibility index (Phi) is 2.77. The van der Waals surface area contributed by atoms with Crippen LogP contribution in [0, 0.1) is 0 Å². The predicted octanol–water partition coefficient (Wildman–Crippen LogP) is 4.66. The number of thioether (sulfide) groups is 1. The highest BCUT2D eigenvalue weighted by atomic mass is 32.2. The van der Waals surface area contributed by atoms with Gasteiger partial charge < -0.3 is 0 Å². The number of hydrogen-bond donors (Lipinski definition) is 0. The van der Waals surface area contributed by atoms with E-state index in [4.69, 9.17) is 0 Å². The molecule has 0 fully saturated rings. The molecular weight excluding hydrogens is 224 g/mol. The van der Waals surface area contributed by atoms with E-state index in [0.717, 1.165) is 12.2 Å². The van der Waals surface area contributed by atoms with Crippen molar-refractivity contribution in [2.45, 2.75) is 6.42 Å². The summed E-state index contributed by atoms with van der Waals surface area (Å²) in [7, 11) is 0. The number of rotatable bonds is 3. The third-order valence-corrected chi connectivity index (χ3v) is 4.13. The van der Waals surface area contributed by atoms with Crippen LogP contribution < -0.4 is 0 Å². The van der Waals surface area contributed by atoms with Crippen LogP contribution in [0.25, 0.3) is 16.8 Å². The maximum Gasteiger partial charge on any atom is 0.0155 e. The summed E-state index contributed by atoms with van der Waals surface area (Å²) in [5.74, 6) is 0.990. The van der Waals surface area contributed by atoms with E-state index in [2.05, 4.69) is 49.1 Å². The van der Waals surface area contributed by atoms with Crippen molar-refractivity contribution in [3.63, 3.8) is 0 Å². The van der Waals surface area contributed by atoms with Gasteiger partial charge in [-0.2, -0.15) is 0 Å². The molecule has 3 rings (SSSR count). The van der Waals surface area contributed by atoms with Crippen LogP contribution in [0.3, 0.4) is 0 Å². The van der Waals surface area contributed by atoms with Gasteiger partial charge in [0, 0.05) is 12.2 Å². The smallest absolute Gasteiger partial charge is 0.0155 e. The summed E-state index contributed by atoms with van der Waals surface area (Å²) in [4.78, 5) is 1.44. The van der Waals surface area contributed by atoms with E-state index in [1.54, 1.807) is 0 Å². The summed E-state index contributed by atoms with van der Waals surface area (Å²) in [6.07, 6.45) is 5.35. The van der Waals surface area contributed by atoms with Crippen LogP contribution in [0.5, 0.6) is 0 Å². The van der Waals surface area contributed by atoms with E-state index in [1.807, 2.05) is 17.8 Å². The fourth-order valence-electron chi connectivity index (χ4n) is 2.39. The third kappa shape index (κ3) is 1.91. The standard InChI is InChI=1S/C16H14S/c1-2-9-17-15-10-13-7-3-5-12-6-4-8-14(11-15)16(12)13/h2-8,10H,1,9,11H2. The molecule has 0 saturated carbocycles. The van der Waals surface area contributed by atoms with Gasteiger partial charge in [0.1, 0.15) is 0 Å². The minimum atomic E-state index is 0.990. The SMILES string of the molecule is C=CCSC1=Cc2cccc3cccc(c23)C1. The van der Waals surface area contributed by atoms with Crippen LogP contribution in [0.4, 0.5) is 0 Å². The van der Waals surface area contributed by atoms with Gasteiger partial charge in [0.15, 0.2) is 0 Å². The first-order valence-electron chi connectivity index (χ1n) is 5.83. The van der Waals surface area contributed by atoms with Crippen LogP contribution in [0.15, 0.2) is 54.0 Å². The minimum absolute atomic E-state index is 0.990. The molecule has 0 aromatic heterocycles. The van der Waals surface area contributed by atoms with Crippen molar-refractivity contribution in [2.75, 3.05) is 5.75 Å². The van der Waals surface area contributed by atoms with Gasteiger partial charge in [0.25, 0.3) is 0 Å². The summed E-state index contributed by atoms with van der Waals surface area (Å²) in [5.41, 5.74) is 2.81. The molecule has 0 nitrogen and oxygen atoms in total. The van der Waals surface area contributed by atoms with Crippen molar-refractivity contribution in [1.82, 2.24) is 0 Å². The second-order valence-electron chi connectivity index (χ2n) is 4.25. The molecule has 0 unspecified atom stereocenters. The molecule has 2 aromatic carbocycles. The zero-order valence-corrected chi connectivity index (χ0v) is 10.5. The Bertz CT molecular complexity index is 603. The predicted molar refractivity (Wildman–Crippen MR) is 78.3 cm³/mol. The van der Waals surface area contributed by atoms with E-state index in [0.29, 0.717) is 0 Å². The zero-order valence-electron chi connectivity index (χ0n) is 9.65. The second kappa shape index (κ2) is 4.42. The van der Waals surface area contributed by atoms with Crippen LogP contribution in [0.2, 0.25) is 0 Å². The van der Waals surface area contributed by atoms with E-state index in [1.165, 1.54) is 26.8 Å². The Morgan fingerprint density at radius 2 is 2.00 bits per heavy atom. The highest BCUT2D eigenvalue weighted by molar-refractivity contribution is 8.03. The molecule has 0 spiro atoms. The number of benzene rings is 2. The minimum Gasteiger partial charge on any atom is -0.126 e. The van der Waals surface area contributed by atoms with Gasteiger partial charge in [-0.05, 0) is 32.9 Å². The Morgan fingerprint density at radius 1 is 1.18 bits per heavy atom. The fraction of sp³-hybridized carbons (Fsp3) is 0.125. The van der Waals surface area contributed by atoms with Crippen molar-refractivity contribution in [3.05, 3.63) is 65.1 Å². The first kappa shape index (κ1) is 10.7. The van der Waals surface area contributed by atoms with Crippen molar-refractivity contribution < 1.29 is 0 Å². The first-order valence-corrected chi connectivity index (χ1v) is 6.82. The Balaban J connectivity index is 2.12. The molecule has 0 N–H and O–H groups in total. The van der Waals surface area contributed by atoms with E-state index in [-0.39, 0.29) is 0 Å². The van der Waals surface area contributed by atoms with Gasteiger partial charge in [-0.15, -0.1) is 18.3 Å². The third-order valence-electron chi connectivity index (χ3n) is 3.09. The quantitative estimate of drug-likeness (QED) is 0.701. The van der Waals surface area contributed by atoms with E-state index in [9.17, 15) is 0 Å². The molecule has 0 saturated heterocycles. The summed E-state index contributed by atoms with van der Waals surface area (Å²) >= 11 is 1.89.